The lowest BCUT2D eigenvalue weighted by Crippen LogP contribution is -2.46. The number of hydrogen-bond acceptors (Lipinski definition) is 4. The third-order valence-electron chi connectivity index (χ3n) is 6.96. The van der Waals surface area contributed by atoms with Crippen LogP contribution in [0.4, 0.5) is 11.4 Å². The number of fused-ring (bicyclic) bond motifs is 1. The Kier molecular flexibility index (Phi) is 6.31. The fraction of sp³-hybridized carbons (Fsp3) is 0.321. The van der Waals surface area contributed by atoms with Crippen LogP contribution in [0.2, 0.25) is 0 Å². The third-order valence-corrected chi connectivity index (χ3v) is 6.96. The molecule has 1 saturated heterocycles. The van der Waals surface area contributed by atoms with Gasteiger partial charge in [-0.2, -0.15) is 0 Å². The molecule has 2 aliphatic heterocycles. The van der Waals surface area contributed by atoms with Crippen molar-refractivity contribution < 1.29 is 9.53 Å². The van der Waals surface area contributed by atoms with Gasteiger partial charge < -0.3 is 15.0 Å². The van der Waals surface area contributed by atoms with E-state index in [1.807, 2.05) is 24.3 Å². The fourth-order valence-electron chi connectivity index (χ4n) is 5.13. The summed E-state index contributed by atoms with van der Waals surface area (Å²) in [6.07, 6.45) is 3.49. The molecule has 33 heavy (non-hydrogen) atoms. The van der Waals surface area contributed by atoms with Crippen molar-refractivity contribution in [2.24, 2.45) is 0 Å². The van der Waals surface area contributed by atoms with Crippen LogP contribution in [0.3, 0.4) is 0 Å². The highest BCUT2D eigenvalue weighted by Crippen LogP contribution is 2.28. The van der Waals surface area contributed by atoms with Crippen LogP contribution in [0, 0.1) is 0 Å². The Hall–Kier alpha value is -3.31. The van der Waals surface area contributed by atoms with E-state index >= 15 is 0 Å². The highest BCUT2D eigenvalue weighted by molar-refractivity contribution is 6.06. The van der Waals surface area contributed by atoms with Gasteiger partial charge in [0.05, 0.1) is 12.7 Å². The molecule has 0 saturated carbocycles. The fourth-order valence-corrected chi connectivity index (χ4v) is 5.13. The van der Waals surface area contributed by atoms with Crippen molar-refractivity contribution in [2.45, 2.75) is 31.8 Å². The number of piperidine rings is 1. The van der Waals surface area contributed by atoms with E-state index < -0.39 is 0 Å². The van der Waals surface area contributed by atoms with Gasteiger partial charge in [0.25, 0.3) is 5.91 Å². The molecular weight excluding hydrogens is 410 g/mol. The molecule has 0 spiro atoms. The molecular formula is C28H31N3O2. The van der Waals surface area contributed by atoms with Gasteiger partial charge in [-0.1, -0.05) is 42.5 Å². The molecule has 0 radical (unpaired) electrons. The first-order valence-corrected chi connectivity index (χ1v) is 11.8. The minimum atomic E-state index is -0.159. The van der Waals surface area contributed by atoms with Crippen molar-refractivity contribution in [1.29, 1.82) is 0 Å². The van der Waals surface area contributed by atoms with E-state index in [0.717, 1.165) is 44.0 Å². The topological polar surface area (TPSA) is 44.8 Å². The number of methoxy groups -OCH3 is 1. The monoisotopic (exact) mass is 441 g/mol. The van der Waals surface area contributed by atoms with Crippen molar-refractivity contribution >= 4 is 17.3 Å². The van der Waals surface area contributed by atoms with E-state index in [1.165, 1.54) is 24.0 Å². The number of carbonyl (C=O) groups excluding carboxylic acids is 1. The number of carbonyl (C=O) groups is 1. The quantitative estimate of drug-likeness (QED) is 0.607. The Balaban J connectivity index is 1.20. The Morgan fingerprint density at radius 2 is 1.67 bits per heavy atom. The van der Waals surface area contributed by atoms with E-state index in [0.29, 0.717) is 17.4 Å². The molecule has 0 unspecified atom stereocenters. The van der Waals surface area contributed by atoms with Crippen molar-refractivity contribution in [2.75, 3.05) is 37.0 Å². The normalized spacial score (nSPS) is 16.8. The maximum atomic E-state index is 12.8. The first kappa shape index (κ1) is 21.5. The average molecular weight is 442 g/mol. The molecule has 5 nitrogen and oxygen atoms in total. The molecule has 1 fully saturated rings. The SMILES string of the molecule is COc1ccccc1C(=O)Nc1cccc(N2CCC(N3CCc4ccccc4C3)CC2)c1. The van der Waals surface area contributed by atoms with E-state index in [9.17, 15) is 4.79 Å². The number of anilines is 2. The first-order valence-electron chi connectivity index (χ1n) is 11.8. The molecule has 0 aliphatic carbocycles. The van der Waals surface area contributed by atoms with Crippen LogP contribution in [0.15, 0.2) is 72.8 Å². The van der Waals surface area contributed by atoms with Crippen LogP contribution in [-0.4, -0.2) is 43.6 Å². The molecule has 1 N–H and O–H groups in total. The zero-order valence-corrected chi connectivity index (χ0v) is 19.2. The van der Waals surface area contributed by atoms with Crippen LogP contribution >= 0.6 is 0 Å². The highest BCUT2D eigenvalue weighted by atomic mass is 16.5. The van der Waals surface area contributed by atoms with Crippen molar-refractivity contribution in [3.63, 3.8) is 0 Å². The molecule has 0 atom stereocenters. The number of benzene rings is 3. The molecule has 0 aromatic heterocycles. The molecule has 0 bridgehead atoms. The zero-order valence-electron chi connectivity index (χ0n) is 19.2. The minimum absolute atomic E-state index is 0.159. The summed E-state index contributed by atoms with van der Waals surface area (Å²) in [7, 11) is 1.58. The van der Waals surface area contributed by atoms with Crippen LogP contribution in [-0.2, 0) is 13.0 Å². The largest absolute Gasteiger partial charge is 0.496 e. The molecule has 3 aromatic carbocycles. The lowest BCUT2D eigenvalue weighted by molar-refractivity contribution is 0.102. The lowest BCUT2D eigenvalue weighted by atomic mass is 9.95. The maximum absolute atomic E-state index is 12.8. The van der Waals surface area contributed by atoms with Crippen molar-refractivity contribution in [1.82, 2.24) is 4.90 Å². The van der Waals surface area contributed by atoms with Gasteiger partial charge in [-0.25, -0.2) is 0 Å². The van der Waals surface area contributed by atoms with Gasteiger partial charge in [0.2, 0.25) is 0 Å². The van der Waals surface area contributed by atoms with Gasteiger partial charge >= 0.3 is 0 Å². The van der Waals surface area contributed by atoms with Gasteiger partial charge in [0.1, 0.15) is 5.75 Å². The summed E-state index contributed by atoms with van der Waals surface area (Å²) in [4.78, 5) is 17.9. The van der Waals surface area contributed by atoms with E-state index in [2.05, 4.69) is 51.5 Å². The van der Waals surface area contributed by atoms with Crippen molar-refractivity contribution in [3.8, 4) is 5.75 Å². The second kappa shape index (κ2) is 9.67. The minimum Gasteiger partial charge on any atom is -0.496 e. The summed E-state index contributed by atoms with van der Waals surface area (Å²) in [6, 6.07) is 25.0. The third kappa shape index (κ3) is 4.74. The number of para-hydroxylation sites is 1. The summed E-state index contributed by atoms with van der Waals surface area (Å²) < 4.78 is 5.33. The smallest absolute Gasteiger partial charge is 0.259 e. The number of rotatable bonds is 5. The maximum Gasteiger partial charge on any atom is 0.259 e. The van der Waals surface area contributed by atoms with Crippen molar-refractivity contribution in [3.05, 3.63) is 89.5 Å². The highest BCUT2D eigenvalue weighted by Gasteiger charge is 2.27. The average Bonchev–Trinajstić information content (AvgIpc) is 2.88. The number of amides is 1. The number of hydrogen-bond donors (Lipinski definition) is 1. The Bertz CT molecular complexity index is 1120. The predicted octanol–water partition coefficient (Wildman–Crippen LogP) is 4.97. The number of nitrogens with zero attached hydrogens (tertiary/aromatic N) is 2. The van der Waals surface area contributed by atoms with E-state index in [4.69, 9.17) is 4.74 Å². The van der Waals surface area contributed by atoms with Gasteiger partial charge in [0.15, 0.2) is 0 Å². The second-order valence-corrected chi connectivity index (χ2v) is 8.91. The number of ether oxygens (including phenoxy) is 1. The Morgan fingerprint density at radius 1 is 0.909 bits per heavy atom. The van der Waals surface area contributed by atoms with Gasteiger partial charge in [0, 0.05) is 43.6 Å². The summed E-state index contributed by atoms with van der Waals surface area (Å²) in [5, 5.41) is 3.03. The van der Waals surface area contributed by atoms with E-state index in [1.54, 1.807) is 19.2 Å². The number of nitrogens with one attached hydrogen (secondary N) is 1. The Labute approximate surface area is 196 Å². The molecule has 2 heterocycles. The Morgan fingerprint density at radius 3 is 2.48 bits per heavy atom. The van der Waals surface area contributed by atoms with Crippen LogP contribution < -0.4 is 15.0 Å². The molecule has 1 amide bonds. The molecule has 3 aromatic rings. The van der Waals surface area contributed by atoms with Crippen LogP contribution in [0.25, 0.3) is 0 Å². The predicted molar refractivity (Wildman–Crippen MR) is 133 cm³/mol. The summed E-state index contributed by atoms with van der Waals surface area (Å²) in [5.74, 6) is 0.419. The molecule has 2 aliphatic rings. The van der Waals surface area contributed by atoms with E-state index in [-0.39, 0.29) is 5.91 Å². The van der Waals surface area contributed by atoms with Gasteiger partial charge in [-0.15, -0.1) is 0 Å². The second-order valence-electron chi connectivity index (χ2n) is 8.91. The summed E-state index contributed by atoms with van der Waals surface area (Å²) in [6.45, 7) is 4.30. The van der Waals surface area contributed by atoms with Gasteiger partial charge in [-0.3, -0.25) is 9.69 Å². The standard InChI is InChI=1S/C28H31N3O2/c1-33-27-12-5-4-11-26(27)28(32)29-23-9-6-10-25(19-23)30-17-14-24(15-18-30)31-16-13-21-7-2-3-8-22(21)20-31/h2-12,19,24H,13-18,20H2,1H3,(H,29,32). The molecule has 5 rings (SSSR count). The zero-order chi connectivity index (χ0) is 22.6. The molecule has 5 heteroatoms. The van der Waals surface area contributed by atoms with Gasteiger partial charge in [-0.05, 0) is 60.7 Å². The summed E-state index contributed by atoms with van der Waals surface area (Å²) >= 11 is 0. The van der Waals surface area contributed by atoms with Crippen LogP contribution in [0.1, 0.15) is 34.3 Å². The van der Waals surface area contributed by atoms with Crippen LogP contribution in [0.5, 0.6) is 5.75 Å². The molecule has 170 valence electrons. The lowest BCUT2D eigenvalue weighted by Gasteiger charge is -2.41. The summed E-state index contributed by atoms with van der Waals surface area (Å²) in [5.41, 5.74) is 5.51. The first-order chi connectivity index (χ1) is 16.2.